The number of allylic oxidation sites excluding steroid dienone is 4. The van der Waals surface area contributed by atoms with Crippen molar-refractivity contribution < 1.29 is 46.8 Å². The molecule has 236 valence electrons. The summed E-state index contributed by atoms with van der Waals surface area (Å²) in [7, 11) is 0. The van der Waals surface area contributed by atoms with Gasteiger partial charge in [-0.3, -0.25) is 0 Å². The number of hydrogen-bond donors (Lipinski definition) is 4. The van der Waals surface area contributed by atoms with E-state index in [1.165, 1.54) is 5.57 Å². The van der Waals surface area contributed by atoms with Gasteiger partial charge >= 0.3 is 12.4 Å². The van der Waals surface area contributed by atoms with E-state index in [0.29, 0.717) is 38.5 Å². The van der Waals surface area contributed by atoms with Crippen LogP contribution in [0.3, 0.4) is 0 Å². The lowest BCUT2D eigenvalue weighted by atomic mass is 9.60. The molecular formula is C31H46F6O4. The van der Waals surface area contributed by atoms with Crippen LogP contribution in [0.4, 0.5) is 26.3 Å². The number of aliphatic hydroxyl groups is 4. The molecule has 3 aliphatic rings. The number of hydrogen-bond acceptors (Lipinski definition) is 4. The Balaban J connectivity index is 1.85. The molecule has 4 nitrogen and oxygen atoms in total. The van der Waals surface area contributed by atoms with E-state index >= 15 is 0 Å². The molecular weight excluding hydrogens is 550 g/mol. The van der Waals surface area contributed by atoms with Crippen molar-refractivity contribution in [1.82, 2.24) is 0 Å². The number of alkyl halides is 6. The van der Waals surface area contributed by atoms with Crippen molar-refractivity contribution in [2.45, 2.75) is 134 Å². The fourth-order valence-corrected chi connectivity index (χ4v) is 7.63. The van der Waals surface area contributed by atoms with Gasteiger partial charge in [-0.2, -0.15) is 26.3 Å². The van der Waals surface area contributed by atoms with E-state index in [1.807, 2.05) is 6.08 Å². The molecule has 4 N–H and O–H groups in total. The van der Waals surface area contributed by atoms with Crippen LogP contribution in [-0.2, 0) is 0 Å². The number of rotatable bonds is 9. The van der Waals surface area contributed by atoms with E-state index in [-0.39, 0.29) is 35.7 Å². The van der Waals surface area contributed by atoms with E-state index in [2.05, 4.69) is 13.0 Å². The lowest BCUT2D eigenvalue weighted by Crippen LogP contribution is -2.55. The molecule has 0 heterocycles. The van der Waals surface area contributed by atoms with E-state index in [0.717, 1.165) is 43.8 Å². The first-order valence-corrected chi connectivity index (χ1v) is 14.8. The number of fused-ring (bicyclic) bond motifs is 1. The summed E-state index contributed by atoms with van der Waals surface area (Å²) in [4.78, 5) is 0. The summed E-state index contributed by atoms with van der Waals surface area (Å²) < 4.78 is 79.5. The Morgan fingerprint density at radius 3 is 2.12 bits per heavy atom. The zero-order valence-corrected chi connectivity index (χ0v) is 24.2. The Kier molecular flexibility index (Phi) is 10.6. The van der Waals surface area contributed by atoms with Crippen molar-refractivity contribution in [2.24, 2.45) is 23.2 Å². The van der Waals surface area contributed by atoms with Gasteiger partial charge < -0.3 is 20.4 Å². The fraction of sp³-hybridized carbons (Fsp3) is 0.806. The van der Waals surface area contributed by atoms with Crippen molar-refractivity contribution in [3.8, 4) is 0 Å². The van der Waals surface area contributed by atoms with Crippen LogP contribution < -0.4 is 0 Å². The van der Waals surface area contributed by atoms with Gasteiger partial charge in [-0.1, -0.05) is 42.7 Å². The van der Waals surface area contributed by atoms with Crippen LogP contribution in [0.15, 0.2) is 35.5 Å². The smallest absolute Gasteiger partial charge is 0.393 e. The molecule has 3 aliphatic carbocycles. The molecule has 3 saturated carbocycles. The van der Waals surface area contributed by atoms with Crippen LogP contribution in [0, 0.1) is 23.2 Å². The van der Waals surface area contributed by atoms with Gasteiger partial charge in [0, 0.05) is 0 Å². The Bertz CT molecular complexity index is 951. The molecule has 0 aromatic carbocycles. The van der Waals surface area contributed by atoms with Crippen LogP contribution in [0.1, 0.15) is 97.8 Å². The van der Waals surface area contributed by atoms with Crippen molar-refractivity contribution in [2.75, 3.05) is 0 Å². The molecule has 0 aromatic rings. The van der Waals surface area contributed by atoms with Crippen molar-refractivity contribution in [3.05, 3.63) is 35.5 Å². The van der Waals surface area contributed by atoms with Gasteiger partial charge in [0.05, 0.1) is 17.8 Å². The van der Waals surface area contributed by atoms with Gasteiger partial charge in [0.2, 0.25) is 0 Å². The fourth-order valence-electron chi connectivity index (χ4n) is 7.63. The number of aliphatic hydroxyl groups excluding tert-OH is 2. The lowest BCUT2D eigenvalue weighted by molar-refractivity contribution is -0.347. The molecule has 0 unspecified atom stereocenters. The third kappa shape index (κ3) is 8.18. The minimum atomic E-state index is -5.90. The Morgan fingerprint density at radius 2 is 1.56 bits per heavy atom. The van der Waals surface area contributed by atoms with Crippen molar-refractivity contribution in [3.63, 3.8) is 0 Å². The third-order valence-corrected chi connectivity index (χ3v) is 9.71. The molecule has 41 heavy (non-hydrogen) atoms. The maximum Gasteiger partial charge on any atom is 0.429 e. The second kappa shape index (κ2) is 12.7. The van der Waals surface area contributed by atoms with E-state index in [9.17, 15) is 46.8 Å². The van der Waals surface area contributed by atoms with Crippen LogP contribution in [0.25, 0.3) is 0 Å². The highest BCUT2D eigenvalue weighted by atomic mass is 19.4. The Morgan fingerprint density at radius 1 is 0.951 bits per heavy atom. The molecule has 6 atom stereocenters. The van der Waals surface area contributed by atoms with Crippen molar-refractivity contribution >= 4 is 0 Å². The highest BCUT2D eigenvalue weighted by Crippen LogP contribution is 2.60. The highest BCUT2D eigenvalue weighted by Gasteiger charge is 2.69. The zero-order chi connectivity index (χ0) is 30.9. The van der Waals surface area contributed by atoms with E-state index in [1.54, 1.807) is 13.8 Å². The summed E-state index contributed by atoms with van der Waals surface area (Å²) in [6.07, 6.45) is -0.853. The Hall–Kier alpha value is -1.36. The predicted octanol–water partition coefficient (Wildman–Crippen LogP) is 7.32. The first-order chi connectivity index (χ1) is 18.8. The average molecular weight is 597 g/mol. The van der Waals surface area contributed by atoms with Crippen LogP contribution in [0.5, 0.6) is 0 Å². The van der Waals surface area contributed by atoms with E-state index in [4.69, 9.17) is 0 Å². The molecule has 0 bridgehead atoms. The largest absolute Gasteiger partial charge is 0.429 e. The minimum Gasteiger partial charge on any atom is -0.393 e. The highest BCUT2D eigenvalue weighted by molar-refractivity contribution is 5.26. The monoisotopic (exact) mass is 596 g/mol. The molecule has 0 amide bonds. The van der Waals surface area contributed by atoms with Crippen LogP contribution in [-0.4, -0.2) is 56.2 Å². The summed E-state index contributed by atoms with van der Waals surface area (Å²) in [5.41, 5.74) is -3.79. The van der Waals surface area contributed by atoms with Gasteiger partial charge in [-0.25, -0.2) is 0 Å². The second-order valence-electron chi connectivity index (χ2n) is 13.5. The molecule has 3 rings (SSSR count). The summed E-state index contributed by atoms with van der Waals surface area (Å²) in [6, 6.07) is 0. The molecule has 0 radical (unpaired) electrons. The molecule has 0 spiro atoms. The Labute approximate surface area is 239 Å². The molecule has 0 aliphatic heterocycles. The van der Waals surface area contributed by atoms with E-state index < -0.39 is 35.8 Å². The standard InChI is InChI=1S/C31H46F6O4/c1-27(2,40)14-4-7-21(9-6-16-29(41,30(32,33)34)31(35,36)37)25-12-13-26-22(8-5-15-28(25,26)3)11-10-20-17-23(38)19-24(39)18-20/h6,10-11,16,21,23-26,38-41H,4-5,7-9,12-15,17-19H2,1-3H3/b16-6-,22-11+/t21-,23+,24+,25+,26-,28+/m0/s1. The van der Waals surface area contributed by atoms with Crippen LogP contribution >= 0.6 is 0 Å². The van der Waals surface area contributed by atoms with Gasteiger partial charge in [0.25, 0.3) is 5.60 Å². The third-order valence-electron chi connectivity index (χ3n) is 9.71. The first kappa shape index (κ1) is 34.1. The SMILES string of the molecule is CC(C)(O)CCC[C@@H](C/C=C\C(O)(C(F)(F)F)C(F)(F)F)[C@H]1CC[C@H]2/C(=C/C=C3C[C@@H](O)C[C@H](O)C3)CCC[C@]12C. The van der Waals surface area contributed by atoms with Gasteiger partial charge in [-0.15, -0.1) is 0 Å². The summed E-state index contributed by atoms with van der Waals surface area (Å²) in [5.74, 6) is 0.0637. The van der Waals surface area contributed by atoms with Gasteiger partial charge in [-0.05, 0) is 114 Å². The summed E-state index contributed by atoms with van der Waals surface area (Å²) in [6.45, 7) is 5.51. The molecule has 3 fully saturated rings. The average Bonchev–Trinajstić information content (AvgIpc) is 3.16. The summed E-state index contributed by atoms with van der Waals surface area (Å²) in [5, 5.41) is 39.8. The van der Waals surface area contributed by atoms with Crippen LogP contribution in [0.2, 0.25) is 0 Å². The maximum atomic E-state index is 13.2. The molecule has 0 saturated heterocycles. The minimum absolute atomic E-state index is 0.0355. The molecule has 10 heteroatoms. The molecule has 0 aromatic heterocycles. The summed E-state index contributed by atoms with van der Waals surface area (Å²) >= 11 is 0. The number of halogens is 6. The quantitative estimate of drug-likeness (QED) is 0.166. The topological polar surface area (TPSA) is 80.9 Å². The normalized spacial score (nSPS) is 32.0. The van der Waals surface area contributed by atoms with Gasteiger partial charge in [0.15, 0.2) is 0 Å². The zero-order valence-electron chi connectivity index (χ0n) is 24.2. The van der Waals surface area contributed by atoms with Gasteiger partial charge in [0.1, 0.15) is 0 Å². The van der Waals surface area contributed by atoms with Crippen molar-refractivity contribution in [1.29, 1.82) is 0 Å². The maximum absolute atomic E-state index is 13.2. The first-order valence-electron chi connectivity index (χ1n) is 14.8. The lowest BCUT2D eigenvalue weighted by Gasteiger charge is -2.45. The second-order valence-corrected chi connectivity index (χ2v) is 13.5. The predicted molar refractivity (Wildman–Crippen MR) is 145 cm³/mol.